The Bertz CT molecular complexity index is 596. The molecule has 0 aliphatic rings. The first-order valence-corrected chi connectivity index (χ1v) is 5.93. The smallest absolute Gasteiger partial charge is 0.253 e. The summed E-state index contributed by atoms with van der Waals surface area (Å²) in [7, 11) is 3.01. The largest absolute Gasteiger partial charge is 0.493 e. The van der Waals surface area contributed by atoms with Crippen molar-refractivity contribution in [3.05, 3.63) is 35.7 Å². The topological polar surface area (TPSA) is 102 Å². The van der Waals surface area contributed by atoms with Gasteiger partial charge in [0.1, 0.15) is 0 Å². The number of aromatic amines is 1. The molecule has 0 bridgehead atoms. The normalized spacial score (nSPS) is 10.1. The van der Waals surface area contributed by atoms with Gasteiger partial charge in [-0.15, -0.1) is 0 Å². The minimum Gasteiger partial charge on any atom is -0.493 e. The molecule has 0 saturated carbocycles. The number of nitrogens with two attached hydrogens (primary N) is 1. The monoisotopic (exact) mass is 276 g/mol. The van der Waals surface area contributed by atoms with Gasteiger partial charge in [0.15, 0.2) is 11.5 Å². The lowest BCUT2D eigenvalue weighted by molar-refractivity contribution is 0.0951. The Balaban J connectivity index is 2.16. The van der Waals surface area contributed by atoms with Crippen LogP contribution < -0.4 is 20.5 Å². The van der Waals surface area contributed by atoms with Crippen molar-refractivity contribution in [2.75, 3.05) is 20.0 Å². The number of hydrogen-bond donors (Lipinski definition) is 3. The Hall–Kier alpha value is -2.70. The molecule has 1 heterocycles. The van der Waals surface area contributed by atoms with E-state index in [0.29, 0.717) is 29.3 Å². The highest BCUT2D eigenvalue weighted by atomic mass is 16.5. The second-order valence-corrected chi connectivity index (χ2v) is 4.08. The molecular weight excluding hydrogens is 260 g/mol. The van der Waals surface area contributed by atoms with Gasteiger partial charge >= 0.3 is 0 Å². The highest BCUT2D eigenvalue weighted by molar-refractivity contribution is 6.00. The molecule has 0 fully saturated rings. The molecule has 106 valence electrons. The molecule has 7 heteroatoms. The van der Waals surface area contributed by atoms with Gasteiger partial charge in [-0.3, -0.25) is 9.89 Å². The molecule has 1 aromatic carbocycles. The molecule has 7 nitrogen and oxygen atoms in total. The van der Waals surface area contributed by atoms with Crippen molar-refractivity contribution in [1.82, 2.24) is 15.5 Å². The number of rotatable bonds is 5. The maximum Gasteiger partial charge on any atom is 0.253 e. The summed E-state index contributed by atoms with van der Waals surface area (Å²) < 4.78 is 10.3. The minimum atomic E-state index is -0.287. The number of aromatic nitrogens is 2. The van der Waals surface area contributed by atoms with Gasteiger partial charge in [0.2, 0.25) is 0 Å². The van der Waals surface area contributed by atoms with Crippen LogP contribution in [-0.4, -0.2) is 30.3 Å². The lowest BCUT2D eigenvalue weighted by Crippen LogP contribution is -2.23. The Morgan fingerprint density at radius 3 is 2.65 bits per heavy atom. The van der Waals surface area contributed by atoms with E-state index in [1.165, 1.54) is 14.2 Å². The van der Waals surface area contributed by atoms with Crippen LogP contribution in [0.15, 0.2) is 24.5 Å². The number of anilines is 1. The van der Waals surface area contributed by atoms with E-state index in [2.05, 4.69) is 15.5 Å². The average molecular weight is 276 g/mol. The zero-order chi connectivity index (χ0) is 14.5. The predicted octanol–water partition coefficient (Wildman–Crippen LogP) is 0.939. The van der Waals surface area contributed by atoms with Crippen LogP contribution in [0.5, 0.6) is 11.5 Å². The van der Waals surface area contributed by atoms with Gasteiger partial charge in [0.25, 0.3) is 5.91 Å². The quantitative estimate of drug-likeness (QED) is 0.705. The minimum absolute atomic E-state index is 0.287. The number of nitrogens with zero attached hydrogens (tertiary/aromatic N) is 1. The number of nitrogens with one attached hydrogen (secondary N) is 2. The first-order valence-electron chi connectivity index (χ1n) is 5.93. The summed E-state index contributed by atoms with van der Waals surface area (Å²) in [5.41, 5.74) is 7.39. The summed E-state index contributed by atoms with van der Waals surface area (Å²) in [4.78, 5) is 12.1. The second kappa shape index (κ2) is 5.96. The van der Waals surface area contributed by atoms with Crippen molar-refractivity contribution in [2.45, 2.75) is 6.54 Å². The maximum absolute atomic E-state index is 12.1. The highest BCUT2D eigenvalue weighted by Crippen LogP contribution is 2.31. The van der Waals surface area contributed by atoms with Gasteiger partial charge in [-0.05, 0) is 6.07 Å². The molecule has 1 amide bonds. The molecular formula is C13H16N4O3. The van der Waals surface area contributed by atoms with E-state index in [4.69, 9.17) is 15.2 Å². The third-order valence-corrected chi connectivity index (χ3v) is 2.81. The molecule has 1 aromatic heterocycles. The van der Waals surface area contributed by atoms with Crippen molar-refractivity contribution >= 4 is 11.6 Å². The predicted molar refractivity (Wildman–Crippen MR) is 73.7 cm³/mol. The molecule has 4 N–H and O–H groups in total. The van der Waals surface area contributed by atoms with E-state index in [1.54, 1.807) is 24.5 Å². The third kappa shape index (κ3) is 2.82. The van der Waals surface area contributed by atoms with Crippen LogP contribution in [0.1, 0.15) is 15.9 Å². The van der Waals surface area contributed by atoms with Gasteiger partial charge < -0.3 is 20.5 Å². The molecule has 0 radical (unpaired) electrons. The first kappa shape index (κ1) is 13.7. The first-order chi connectivity index (χ1) is 9.65. The number of methoxy groups -OCH3 is 2. The Labute approximate surface area is 116 Å². The number of benzene rings is 1. The van der Waals surface area contributed by atoms with Gasteiger partial charge in [-0.25, -0.2) is 0 Å². The highest BCUT2D eigenvalue weighted by Gasteiger charge is 2.15. The zero-order valence-corrected chi connectivity index (χ0v) is 11.3. The third-order valence-electron chi connectivity index (χ3n) is 2.81. The second-order valence-electron chi connectivity index (χ2n) is 4.08. The van der Waals surface area contributed by atoms with Gasteiger partial charge in [0, 0.05) is 30.1 Å². The van der Waals surface area contributed by atoms with Crippen LogP contribution in [0.2, 0.25) is 0 Å². The van der Waals surface area contributed by atoms with E-state index in [-0.39, 0.29) is 5.91 Å². The fraction of sp³-hybridized carbons (Fsp3) is 0.231. The number of carbonyl (C=O) groups is 1. The number of ether oxygens (including phenoxy) is 2. The maximum atomic E-state index is 12.1. The molecule has 0 spiro atoms. The van der Waals surface area contributed by atoms with E-state index in [9.17, 15) is 4.79 Å². The van der Waals surface area contributed by atoms with Crippen LogP contribution >= 0.6 is 0 Å². The summed E-state index contributed by atoms with van der Waals surface area (Å²) in [5, 5.41) is 9.23. The SMILES string of the molecule is COc1cc(N)c(C(=O)NCc2cn[nH]c2)cc1OC. The van der Waals surface area contributed by atoms with Gasteiger partial charge in [-0.1, -0.05) is 0 Å². The Kier molecular flexibility index (Phi) is 4.09. The molecule has 2 aromatic rings. The number of hydrogen-bond acceptors (Lipinski definition) is 5. The molecule has 20 heavy (non-hydrogen) atoms. The summed E-state index contributed by atoms with van der Waals surface area (Å²) in [5.74, 6) is 0.649. The van der Waals surface area contributed by atoms with E-state index < -0.39 is 0 Å². The van der Waals surface area contributed by atoms with Crippen LogP contribution in [0.3, 0.4) is 0 Å². The summed E-state index contributed by atoms with van der Waals surface area (Å²) in [6, 6.07) is 3.12. The lowest BCUT2D eigenvalue weighted by Gasteiger charge is -2.12. The Morgan fingerprint density at radius 2 is 2.05 bits per heavy atom. The zero-order valence-electron chi connectivity index (χ0n) is 11.3. The summed E-state index contributed by atoms with van der Waals surface area (Å²) in [6.07, 6.45) is 3.34. The number of carbonyl (C=O) groups excluding carboxylic acids is 1. The van der Waals surface area contributed by atoms with Gasteiger partial charge in [-0.2, -0.15) is 5.10 Å². The fourth-order valence-corrected chi connectivity index (χ4v) is 1.74. The standard InChI is InChI=1S/C13H16N4O3/c1-19-11-3-9(10(14)4-12(11)20-2)13(18)15-5-8-6-16-17-7-8/h3-4,6-7H,5,14H2,1-2H3,(H,15,18)(H,16,17). The van der Waals surface area contributed by atoms with Crippen LogP contribution in [-0.2, 0) is 6.54 Å². The molecule has 0 aliphatic heterocycles. The number of amides is 1. The van der Waals surface area contributed by atoms with Crippen molar-refractivity contribution in [2.24, 2.45) is 0 Å². The molecule has 0 atom stereocenters. The summed E-state index contributed by atoms with van der Waals surface area (Å²) >= 11 is 0. The fourth-order valence-electron chi connectivity index (χ4n) is 1.74. The van der Waals surface area contributed by atoms with Crippen LogP contribution in [0.25, 0.3) is 0 Å². The van der Waals surface area contributed by atoms with Crippen molar-refractivity contribution < 1.29 is 14.3 Å². The van der Waals surface area contributed by atoms with Crippen LogP contribution in [0, 0.1) is 0 Å². The van der Waals surface area contributed by atoms with E-state index in [0.717, 1.165) is 5.56 Å². The molecule has 0 aliphatic carbocycles. The lowest BCUT2D eigenvalue weighted by atomic mass is 10.1. The van der Waals surface area contributed by atoms with Crippen molar-refractivity contribution in [3.8, 4) is 11.5 Å². The number of H-pyrrole nitrogens is 1. The summed E-state index contributed by atoms with van der Waals surface area (Å²) in [6.45, 7) is 0.364. The van der Waals surface area contributed by atoms with Gasteiger partial charge in [0.05, 0.1) is 26.0 Å². The Morgan fingerprint density at radius 1 is 1.35 bits per heavy atom. The van der Waals surface area contributed by atoms with Crippen LogP contribution in [0.4, 0.5) is 5.69 Å². The van der Waals surface area contributed by atoms with Crippen molar-refractivity contribution in [3.63, 3.8) is 0 Å². The van der Waals surface area contributed by atoms with Crippen molar-refractivity contribution in [1.29, 1.82) is 0 Å². The molecule has 0 unspecified atom stereocenters. The molecule has 2 rings (SSSR count). The van der Waals surface area contributed by atoms with E-state index in [1.807, 2.05) is 0 Å². The van der Waals surface area contributed by atoms with E-state index >= 15 is 0 Å². The molecule has 0 saturated heterocycles. The number of nitrogen functional groups attached to an aromatic ring is 1. The average Bonchev–Trinajstić information content (AvgIpc) is 2.97.